The second-order valence-corrected chi connectivity index (χ2v) is 4.53. The van der Waals surface area contributed by atoms with Gasteiger partial charge in [-0.1, -0.05) is 44.8 Å². The zero-order valence-electron chi connectivity index (χ0n) is 9.65. The summed E-state index contributed by atoms with van der Waals surface area (Å²) in [5.74, 6) is 1.32. The first kappa shape index (κ1) is 11.1. The average Bonchev–Trinajstić information content (AvgIpc) is 2.31. The van der Waals surface area contributed by atoms with Crippen molar-refractivity contribution in [1.29, 1.82) is 0 Å². The number of aromatic nitrogens is 2. The summed E-state index contributed by atoms with van der Waals surface area (Å²) in [7, 11) is 0. The molecular formula is C13H19N3. The van der Waals surface area contributed by atoms with E-state index in [9.17, 15) is 0 Å². The summed E-state index contributed by atoms with van der Waals surface area (Å²) in [5, 5.41) is 0. The van der Waals surface area contributed by atoms with Gasteiger partial charge in [-0.2, -0.15) is 0 Å². The van der Waals surface area contributed by atoms with Crippen molar-refractivity contribution in [3.63, 3.8) is 0 Å². The van der Waals surface area contributed by atoms with Crippen molar-refractivity contribution in [3.8, 4) is 0 Å². The lowest BCUT2D eigenvalue weighted by Gasteiger charge is -2.21. The van der Waals surface area contributed by atoms with Gasteiger partial charge in [-0.05, 0) is 12.3 Å². The summed E-state index contributed by atoms with van der Waals surface area (Å²) >= 11 is 0. The molecule has 86 valence electrons. The monoisotopic (exact) mass is 217 g/mol. The number of anilines is 1. The molecule has 3 nitrogen and oxygen atoms in total. The molecule has 2 N–H and O–H groups in total. The molecule has 0 bridgehead atoms. The van der Waals surface area contributed by atoms with Crippen molar-refractivity contribution in [3.05, 3.63) is 24.2 Å². The fourth-order valence-electron chi connectivity index (χ4n) is 2.50. The lowest BCUT2D eigenvalue weighted by Crippen LogP contribution is -2.12. The Labute approximate surface area is 96.8 Å². The highest BCUT2D eigenvalue weighted by Gasteiger charge is 2.16. The van der Waals surface area contributed by atoms with Crippen LogP contribution in [0.3, 0.4) is 0 Å². The molecule has 1 fully saturated rings. The van der Waals surface area contributed by atoms with E-state index in [0.29, 0.717) is 5.82 Å². The van der Waals surface area contributed by atoms with Gasteiger partial charge < -0.3 is 5.73 Å². The molecule has 0 aliphatic heterocycles. The van der Waals surface area contributed by atoms with Gasteiger partial charge in [0.1, 0.15) is 12.1 Å². The molecule has 2 rings (SSSR count). The number of nitrogens with two attached hydrogens (primary N) is 1. The Bertz CT molecular complexity index is 367. The third kappa shape index (κ3) is 2.40. The van der Waals surface area contributed by atoms with Crippen LogP contribution in [0.5, 0.6) is 0 Å². The zero-order chi connectivity index (χ0) is 11.4. The number of hydrogen-bond donors (Lipinski definition) is 1. The van der Waals surface area contributed by atoms with Crippen molar-refractivity contribution in [2.45, 2.75) is 38.5 Å². The van der Waals surface area contributed by atoms with Crippen LogP contribution in [0, 0.1) is 5.92 Å². The van der Waals surface area contributed by atoms with Crippen LogP contribution < -0.4 is 5.73 Å². The number of rotatable bonds is 3. The SMILES string of the molecule is C=Cc1c(N)ncnc1CC1CCCCC1. The smallest absolute Gasteiger partial charge is 0.134 e. The maximum absolute atomic E-state index is 5.81. The van der Waals surface area contributed by atoms with Crippen molar-refractivity contribution in [2.24, 2.45) is 5.92 Å². The van der Waals surface area contributed by atoms with E-state index in [2.05, 4.69) is 16.5 Å². The highest BCUT2D eigenvalue weighted by Crippen LogP contribution is 2.28. The molecule has 3 heteroatoms. The van der Waals surface area contributed by atoms with Crippen LogP contribution >= 0.6 is 0 Å². The Kier molecular flexibility index (Phi) is 3.54. The quantitative estimate of drug-likeness (QED) is 0.847. The minimum Gasteiger partial charge on any atom is -0.383 e. The maximum atomic E-state index is 5.81. The van der Waals surface area contributed by atoms with Gasteiger partial charge >= 0.3 is 0 Å². The van der Waals surface area contributed by atoms with E-state index >= 15 is 0 Å². The molecule has 0 saturated heterocycles. The maximum Gasteiger partial charge on any atom is 0.134 e. The third-order valence-corrected chi connectivity index (χ3v) is 3.41. The number of hydrogen-bond acceptors (Lipinski definition) is 3. The van der Waals surface area contributed by atoms with Crippen LogP contribution in [-0.4, -0.2) is 9.97 Å². The van der Waals surface area contributed by atoms with Gasteiger partial charge in [-0.3, -0.25) is 0 Å². The lowest BCUT2D eigenvalue weighted by molar-refractivity contribution is 0.354. The summed E-state index contributed by atoms with van der Waals surface area (Å²) in [5.41, 5.74) is 7.80. The molecule has 0 aromatic carbocycles. The molecule has 1 aromatic heterocycles. The first-order valence-electron chi connectivity index (χ1n) is 6.03. The van der Waals surface area contributed by atoms with Crippen molar-refractivity contribution in [2.75, 3.05) is 5.73 Å². The van der Waals surface area contributed by atoms with Gasteiger partial charge in [0.2, 0.25) is 0 Å². The van der Waals surface area contributed by atoms with Crippen LogP contribution in [0.15, 0.2) is 12.9 Å². The molecule has 1 aliphatic rings. The average molecular weight is 217 g/mol. The van der Waals surface area contributed by atoms with Crippen LogP contribution in [0.2, 0.25) is 0 Å². The Morgan fingerprint density at radius 1 is 1.31 bits per heavy atom. The van der Waals surface area contributed by atoms with E-state index < -0.39 is 0 Å². The lowest BCUT2D eigenvalue weighted by atomic mass is 9.85. The molecule has 16 heavy (non-hydrogen) atoms. The first-order valence-corrected chi connectivity index (χ1v) is 6.03. The molecule has 1 aromatic rings. The van der Waals surface area contributed by atoms with Gasteiger partial charge in [0.15, 0.2) is 0 Å². The Hall–Kier alpha value is -1.38. The minimum absolute atomic E-state index is 0.552. The third-order valence-electron chi connectivity index (χ3n) is 3.41. The van der Waals surface area contributed by atoms with E-state index in [1.807, 2.05) is 0 Å². The van der Waals surface area contributed by atoms with Gasteiger partial charge in [-0.25, -0.2) is 9.97 Å². The van der Waals surface area contributed by atoms with Crippen LogP contribution in [0.4, 0.5) is 5.82 Å². The zero-order valence-corrected chi connectivity index (χ0v) is 9.65. The Balaban J connectivity index is 2.13. The fraction of sp³-hybridized carbons (Fsp3) is 0.538. The minimum atomic E-state index is 0.552. The molecule has 0 atom stereocenters. The van der Waals surface area contributed by atoms with E-state index in [0.717, 1.165) is 23.6 Å². The number of nitrogens with zero attached hydrogens (tertiary/aromatic N) is 2. The highest BCUT2D eigenvalue weighted by atomic mass is 14.9. The predicted molar refractivity (Wildman–Crippen MR) is 66.8 cm³/mol. The standard InChI is InChI=1S/C13H19N3/c1-2-11-12(15-9-16-13(11)14)8-10-6-4-3-5-7-10/h2,9-10H,1,3-8H2,(H2,14,15,16). The second-order valence-electron chi connectivity index (χ2n) is 4.53. The first-order chi connectivity index (χ1) is 7.81. The predicted octanol–water partition coefficient (Wildman–Crippen LogP) is 2.82. The summed E-state index contributed by atoms with van der Waals surface area (Å²) < 4.78 is 0. The molecule has 1 saturated carbocycles. The van der Waals surface area contributed by atoms with E-state index in [4.69, 9.17) is 5.73 Å². The normalized spacial score (nSPS) is 17.2. The summed E-state index contributed by atoms with van der Waals surface area (Å²) in [4.78, 5) is 8.34. The number of nitrogen functional groups attached to an aromatic ring is 1. The molecule has 0 unspecified atom stereocenters. The molecule has 1 heterocycles. The van der Waals surface area contributed by atoms with E-state index in [1.54, 1.807) is 12.4 Å². The summed E-state index contributed by atoms with van der Waals surface area (Å²) in [6.07, 6.45) is 11.1. The van der Waals surface area contributed by atoms with Gasteiger partial charge in [0.05, 0.1) is 5.69 Å². The molecule has 0 amide bonds. The molecule has 0 spiro atoms. The largest absolute Gasteiger partial charge is 0.383 e. The van der Waals surface area contributed by atoms with Crippen LogP contribution in [0.1, 0.15) is 43.4 Å². The Morgan fingerprint density at radius 2 is 2.06 bits per heavy atom. The fourth-order valence-corrected chi connectivity index (χ4v) is 2.50. The van der Waals surface area contributed by atoms with Gasteiger partial charge in [-0.15, -0.1) is 0 Å². The molecule has 1 aliphatic carbocycles. The van der Waals surface area contributed by atoms with Crippen molar-refractivity contribution >= 4 is 11.9 Å². The van der Waals surface area contributed by atoms with E-state index in [1.165, 1.54) is 32.1 Å². The Morgan fingerprint density at radius 3 is 2.75 bits per heavy atom. The highest BCUT2D eigenvalue weighted by molar-refractivity contribution is 5.61. The van der Waals surface area contributed by atoms with Crippen molar-refractivity contribution in [1.82, 2.24) is 9.97 Å². The second kappa shape index (κ2) is 5.10. The van der Waals surface area contributed by atoms with Gasteiger partial charge in [0.25, 0.3) is 0 Å². The van der Waals surface area contributed by atoms with Crippen LogP contribution in [0.25, 0.3) is 6.08 Å². The van der Waals surface area contributed by atoms with Crippen molar-refractivity contribution < 1.29 is 0 Å². The molecular weight excluding hydrogens is 198 g/mol. The summed E-state index contributed by atoms with van der Waals surface area (Å²) in [6.45, 7) is 3.79. The van der Waals surface area contributed by atoms with E-state index in [-0.39, 0.29) is 0 Å². The summed E-state index contributed by atoms with van der Waals surface area (Å²) in [6, 6.07) is 0. The van der Waals surface area contributed by atoms with Gasteiger partial charge in [0, 0.05) is 5.56 Å². The van der Waals surface area contributed by atoms with Crippen LogP contribution in [-0.2, 0) is 6.42 Å². The molecule has 0 radical (unpaired) electrons. The topological polar surface area (TPSA) is 51.8 Å².